The number of nitrogens with one attached hydrogen (secondary N) is 1. The summed E-state index contributed by atoms with van der Waals surface area (Å²) in [6.07, 6.45) is 3.63. The second-order valence-corrected chi connectivity index (χ2v) is 4.03. The minimum Gasteiger partial charge on any atom is -0.409 e. The second-order valence-electron chi connectivity index (χ2n) is 4.03. The number of oxime groups is 1. The van der Waals surface area contributed by atoms with Crippen LogP contribution in [-0.2, 0) is 6.42 Å². The maximum atomic E-state index is 8.37. The average molecular weight is 235 g/mol. The normalized spacial score (nSPS) is 11.5. The third kappa shape index (κ3) is 5.24. The van der Waals surface area contributed by atoms with Gasteiger partial charge in [0.2, 0.25) is 0 Å². The number of nitrogens with zero attached hydrogens (tertiary/aromatic N) is 1. The van der Waals surface area contributed by atoms with Gasteiger partial charge in [0.25, 0.3) is 0 Å². The number of hydrogen-bond acceptors (Lipinski definition) is 3. The van der Waals surface area contributed by atoms with Crippen molar-refractivity contribution in [3.8, 4) is 0 Å². The maximum absolute atomic E-state index is 8.37. The number of rotatable bonds is 7. The SMILES string of the molecule is CCc1cccc(NCCCCC(N)=NO)c1. The molecule has 0 aliphatic rings. The Balaban J connectivity index is 2.22. The van der Waals surface area contributed by atoms with Gasteiger partial charge in [0, 0.05) is 18.7 Å². The summed E-state index contributed by atoms with van der Waals surface area (Å²) in [4.78, 5) is 0. The third-order valence-electron chi connectivity index (χ3n) is 2.65. The number of hydrogen-bond donors (Lipinski definition) is 3. The number of anilines is 1. The Morgan fingerprint density at radius 1 is 1.41 bits per heavy atom. The molecule has 0 saturated heterocycles. The molecule has 0 fully saturated rings. The van der Waals surface area contributed by atoms with E-state index in [9.17, 15) is 0 Å². The van der Waals surface area contributed by atoms with Gasteiger partial charge in [-0.1, -0.05) is 24.2 Å². The van der Waals surface area contributed by atoms with E-state index in [2.05, 4.69) is 41.7 Å². The third-order valence-corrected chi connectivity index (χ3v) is 2.65. The molecular weight excluding hydrogens is 214 g/mol. The number of nitrogens with two attached hydrogens (primary N) is 1. The maximum Gasteiger partial charge on any atom is 0.139 e. The molecule has 0 aliphatic heterocycles. The van der Waals surface area contributed by atoms with Crippen LogP contribution < -0.4 is 11.1 Å². The molecule has 1 rings (SSSR count). The predicted octanol–water partition coefficient (Wildman–Crippen LogP) is 2.58. The van der Waals surface area contributed by atoms with Gasteiger partial charge < -0.3 is 16.3 Å². The first kappa shape index (κ1) is 13.4. The molecule has 0 unspecified atom stereocenters. The number of unbranched alkanes of at least 4 members (excludes halogenated alkanes) is 1. The van der Waals surface area contributed by atoms with Crippen molar-refractivity contribution >= 4 is 11.5 Å². The molecule has 0 heterocycles. The largest absolute Gasteiger partial charge is 0.409 e. The standard InChI is InChI=1S/C13H21N3O/c1-2-11-6-5-7-12(10-11)15-9-4-3-8-13(14)16-17/h5-7,10,15,17H,2-4,8-9H2,1H3,(H2,14,16). The van der Waals surface area contributed by atoms with Crippen LogP contribution in [0.25, 0.3) is 0 Å². The highest BCUT2D eigenvalue weighted by molar-refractivity contribution is 5.79. The first-order valence-electron chi connectivity index (χ1n) is 6.05. The van der Waals surface area contributed by atoms with E-state index >= 15 is 0 Å². The van der Waals surface area contributed by atoms with Crippen LogP contribution in [0.5, 0.6) is 0 Å². The van der Waals surface area contributed by atoms with Crippen molar-refractivity contribution in [1.29, 1.82) is 0 Å². The topological polar surface area (TPSA) is 70.6 Å². The van der Waals surface area contributed by atoms with E-state index in [-0.39, 0.29) is 0 Å². The van der Waals surface area contributed by atoms with Crippen molar-refractivity contribution in [2.75, 3.05) is 11.9 Å². The Morgan fingerprint density at radius 2 is 2.24 bits per heavy atom. The van der Waals surface area contributed by atoms with Gasteiger partial charge in [0.05, 0.1) is 0 Å². The van der Waals surface area contributed by atoms with E-state index in [4.69, 9.17) is 10.9 Å². The highest BCUT2D eigenvalue weighted by Crippen LogP contribution is 2.11. The summed E-state index contributed by atoms with van der Waals surface area (Å²) in [5, 5.41) is 14.7. The summed E-state index contributed by atoms with van der Waals surface area (Å²) in [6, 6.07) is 8.44. The summed E-state index contributed by atoms with van der Waals surface area (Å²) < 4.78 is 0. The van der Waals surface area contributed by atoms with Gasteiger partial charge >= 0.3 is 0 Å². The molecule has 0 saturated carbocycles. The summed E-state index contributed by atoms with van der Waals surface area (Å²) in [6.45, 7) is 3.06. The molecule has 0 bridgehead atoms. The molecule has 0 atom stereocenters. The Morgan fingerprint density at radius 3 is 2.94 bits per heavy atom. The van der Waals surface area contributed by atoms with Gasteiger partial charge in [-0.15, -0.1) is 0 Å². The first-order chi connectivity index (χ1) is 8.26. The summed E-state index contributed by atoms with van der Waals surface area (Å²) in [5.74, 6) is 0.304. The zero-order valence-electron chi connectivity index (χ0n) is 10.3. The van der Waals surface area contributed by atoms with Crippen molar-refractivity contribution in [1.82, 2.24) is 0 Å². The van der Waals surface area contributed by atoms with Crippen LogP contribution in [0.4, 0.5) is 5.69 Å². The summed E-state index contributed by atoms with van der Waals surface area (Å²) in [7, 11) is 0. The first-order valence-corrected chi connectivity index (χ1v) is 6.05. The highest BCUT2D eigenvalue weighted by Gasteiger charge is 1.95. The number of aryl methyl sites for hydroxylation is 1. The molecule has 4 N–H and O–H groups in total. The molecule has 4 nitrogen and oxygen atoms in total. The van der Waals surface area contributed by atoms with E-state index in [1.807, 2.05) is 0 Å². The fraction of sp³-hybridized carbons (Fsp3) is 0.462. The van der Waals surface area contributed by atoms with E-state index in [0.717, 1.165) is 31.5 Å². The molecular formula is C13H21N3O. The van der Waals surface area contributed by atoms with Crippen LogP contribution in [0.3, 0.4) is 0 Å². The van der Waals surface area contributed by atoms with Crippen molar-refractivity contribution in [2.24, 2.45) is 10.9 Å². The van der Waals surface area contributed by atoms with Gasteiger partial charge in [0.1, 0.15) is 5.84 Å². The lowest BCUT2D eigenvalue weighted by Crippen LogP contribution is -2.11. The van der Waals surface area contributed by atoms with Gasteiger partial charge in [-0.05, 0) is 37.0 Å². The van der Waals surface area contributed by atoms with E-state index < -0.39 is 0 Å². The van der Waals surface area contributed by atoms with Crippen LogP contribution in [0.2, 0.25) is 0 Å². The van der Waals surface area contributed by atoms with Crippen LogP contribution in [0.1, 0.15) is 31.7 Å². The summed E-state index contributed by atoms with van der Waals surface area (Å²) in [5.41, 5.74) is 7.88. The summed E-state index contributed by atoms with van der Waals surface area (Å²) >= 11 is 0. The van der Waals surface area contributed by atoms with Gasteiger partial charge in [-0.3, -0.25) is 0 Å². The molecule has 0 aliphatic carbocycles. The van der Waals surface area contributed by atoms with Gasteiger partial charge in [-0.25, -0.2) is 0 Å². The van der Waals surface area contributed by atoms with Crippen LogP contribution in [0.15, 0.2) is 29.4 Å². The minimum absolute atomic E-state index is 0.304. The lowest BCUT2D eigenvalue weighted by Gasteiger charge is -2.07. The fourth-order valence-corrected chi connectivity index (χ4v) is 1.62. The molecule has 0 amide bonds. The van der Waals surface area contributed by atoms with E-state index in [1.165, 1.54) is 5.56 Å². The van der Waals surface area contributed by atoms with Crippen LogP contribution >= 0.6 is 0 Å². The van der Waals surface area contributed by atoms with Crippen molar-refractivity contribution in [2.45, 2.75) is 32.6 Å². The molecule has 1 aromatic carbocycles. The Hall–Kier alpha value is -1.71. The van der Waals surface area contributed by atoms with Gasteiger partial charge in [-0.2, -0.15) is 0 Å². The Bertz CT molecular complexity index is 363. The zero-order chi connectivity index (χ0) is 12.5. The minimum atomic E-state index is 0.304. The smallest absolute Gasteiger partial charge is 0.139 e. The monoisotopic (exact) mass is 235 g/mol. The van der Waals surface area contributed by atoms with Crippen molar-refractivity contribution in [3.63, 3.8) is 0 Å². The van der Waals surface area contributed by atoms with E-state index in [1.54, 1.807) is 0 Å². The predicted molar refractivity (Wildman–Crippen MR) is 71.6 cm³/mol. The van der Waals surface area contributed by atoms with Crippen LogP contribution in [-0.4, -0.2) is 17.6 Å². The zero-order valence-corrected chi connectivity index (χ0v) is 10.3. The highest BCUT2D eigenvalue weighted by atomic mass is 16.4. The lowest BCUT2D eigenvalue weighted by molar-refractivity contribution is 0.316. The average Bonchev–Trinajstić information content (AvgIpc) is 2.38. The Kier molecular flexibility index (Phi) is 5.93. The van der Waals surface area contributed by atoms with Crippen molar-refractivity contribution < 1.29 is 5.21 Å². The molecule has 1 aromatic rings. The van der Waals surface area contributed by atoms with Crippen LogP contribution in [0, 0.1) is 0 Å². The second kappa shape index (κ2) is 7.54. The van der Waals surface area contributed by atoms with Gasteiger partial charge in [0.15, 0.2) is 0 Å². The van der Waals surface area contributed by atoms with Crippen molar-refractivity contribution in [3.05, 3.63) is 29.8 Å². The number of benzene rings is 1. The molecule has 0 aromatic heterocycles. The fourth-order valence-electron chi connectivity index (χ4n) is 1.62. The molecule has 94 valence electrons. The number of amidine groups is 1. The molecule has 17 heavy (non-hydrogen) atoms. The van der Waals surface area contributed by atoms with E-state index in [0.29, 0.717) is 12.3 Å². The molecule has 0 spiro atoms. The molecule has 0 radical (unpaired) electrons. The Labute approximate surface area is 103 Å². The quantitative estimate of drug-likeness (QED) is 0.224. The molecule has 4 heteroatoms. The lowest BCUT2D eigenvalue weighted by atomic mass is 10.1.